The van der Waals surface area contributed by atoms with E-state index in [0.29, 0.717) is 0 Å². The number of aryl methyl sites for hydroxylation is 2. The van der Waals surface area contributed by atoms with Gasteiger partial charge < -0.3 is 15.5 Å². The van der Waals surface area contributed by atoms with Crippen LogP contribution in [0, 0.1) is 13.8 Å². The average Bonchev–Trinajstić information content (AvgIpc) is 2.89. The third-order valence-corrected chi connectivity index (χ3v) is 4.94. The molecule has 2 rings (SSSR count). The highest BCUT2D eigenvalue weighted by Crippen LogP contribution is 2.14. The molecule has 1 aromatic carbocycles. The molecular formula is C22H37IN6. The topological polar surface area (TPSA) is 57.5 Å². The van der Waals surface area contributed by atoms with Gasteiger partial charge in [0.25, 0.3) is 0 Å². The molecule has 0 aliphatic heterocycles. The second-order valence-corrected chi connectivity index (χ2v) is 7.51. The van der Waals surface area contributed by atoms with Crippen molar-refractivity contribution in [2.45, 2.75) is 46.7 Å². The Hall–Kier alpha value is -1.61. The van der Waals surface area contributed by atoms with Gasteiger partial charge in [-0.3, -0.25) is 9.67 Å². The molecule has 0 aliphatic rings. The van der Waals surface area contributed by atoms with Crippen LogP contribution in [0.25, 0.3) is 0 Å². The quantitative estimate of drug-likeness (QED) is 0.308. The Kier molecular flexibility index (Phi) is 11.3. The molecule has 1 atom stereocenters. The molecule has 7 heteroatoms. The molecule has 2 aromatic rings. The predicted octanol–water partition coefficient (Wildman–Crippen LogP) is 3.27. The normalized spacial score (nSPS) is 12.6. The van der Waals surface area contributed by atoms with Gasteiger partial charge in [-0.05, 0) is 52.3 Å². The Morgan fingerprint density at radius 3 is 2.52 bits per heavy atom. The number of hydrogen-bond acceptors (Lipinski definition) is 3. The average molecular weight is 512 g/mol. The molecule has 162 valence electrons. The van der Waals surface area contributed by atoms with Crippen molar-refractivity contribution in [2.75, 3.05) is 26.7 Å². The molecule has 0 aliphatic carbocycles. The first kappa shape index (κ1) is 25.4. The number of rotatable bonds is 9. The molecule has 2 N–H and O–H groups in total. The first-order valence-corrected chi connectivity index (χ1v) is 10.2. The van der Waals surface area contributed by atoms with E-state index in [1.807, 2.05) is 11.7 Å². The Labute approximate surface area is 193 Å². The second kappa shape index (κ2) is 12.8. The van der Waals surface area contributed by atoms with Crippen LogP contribution in [-0.2, 0) is 20.0 Å². The number of halogens is 1. The van der Waals surface area contributed by atoms with Gasteiger partial charge in [-0.15, -0.1) is 24.0 Å². The van der Waals surface area contributed by atoms with Gasteiger partial charge in [0, 0.05) is 38.4 Å². The molecule has 6 nitrogen and oxygen atoms in total. The van der Waals surface area contributed by atoms with Gasteiger partial charge in [0.15, 0.2) is 5.96 Å². The van der Waals surface area contributed by atoms with Crippen LogP contribution < -0.4 is 10.6 Å². The molecule has 1 heterocycles. The summed E-state index contributed by atoms with van der Waals surface area (Å²) in [5, 5.41) is 11.4. The van der Waals surface area contributed by atoms with Gasteiger partial charge in [-0.1, -0.05) is 30.3 Å². The molecule has 1 unspecified atom stereocenters. The summed E-state index contributed by atoms with van der Waals surface area (Å²) < 4.78 is 1.96. The van der Waals surface area contributed by atoms with Gasteiger partial charge in [0.1, 0.15) is 0 Å². The lowest BCUT2D eigenvalue weighted by molar-refractivity contribution is 0.336. The maximum Gasteiger partial charge on any atom is 0.191 e. The van der Waals surface area contributed by atoms with Crippen LogP contribution in [-0.4, -0.2) is 53.4 Å². The SMILES string of the molecule is CCNC(=NCCN(C)Cc1ccccc1)NC(C)Cc1c(C)nn(C)c1C.I. The number of benzene rings is 1. The van der Waals surface area contributed by atoms with Crippen molar-refractivity contribution in [1.29, 1.82) is 0 Å². The van der Waals surface area contributed by atoms with Crippen molar-refractivity contribution >= 4 is 29.9 Å². The molecule has 0 bridgehead atoms. The van der Waals surface area contributed by atoms with Crippen molar-refractivity contribution in [3.8, 4) is 0 Å². The van der Waals surface area contributed by atoms with E-state index < -0.39 is 0 Å². The maximum atomic E-state index is 4.76. The highest BCUT2D eigenvalue weighted by atomic mass is 127. The van der Waals surface area contributed by atoms with Gasteiger partial charge in [-0.2, -0.15) is 5.10 Å². The summed E-state index contributed by atoms with van der Waals surface area (Å²) in [6.07, 6.45) is 0.934. The Morgan fingerprint density at radius 1 is 1.24 bits per heavy atom. The Balaban J connectivity index is 0.00000420. The van der Waals surface area contributed by atoms with E-state index in [4.69, 9.17) is 4.99 Å². The van der Waals surface area contributed by atoms with E-state index in [1.54, 1.807) is 0 Å². The molecule has 0 saturated carbocycles. The minimum Gasteiger partial charge on any atom is -0.357 e. The number of nitrogens with zero attached hydrogens (tertiary/aromatic N) is 4. The van der Waals surface area contributed by atoms with E-state index >= 15 is 0 Å². The first-order valence-electron chi connectivity index (χ1n) is 10.2. The van der Waals surface area contributed by atoms with Gasteiger partial charge in [0.2, 0.25) is 0 Å². The van der Waals surface area contributed by atoms with Crippen molar-refractivity contribution in [3.05, 3.63) is 52.8 Å². The number of hydrogen-bond donors (Lipinski definition) is 2. The van der Waals surface area contributed by atoms with Crippen molar-refractivity contribution < 1.29 is 0 Å². The Bertz CT molecular complexity index is 756. The summed E-state index contributed by atoms with van der Waals surface area (Å²) >= 11 is 0. The fraction of sp³-hybridized carbons (Fsp3) is 0.545. The van der Waals surface area contributed by atoms with Crippen LogP contribution in [0.15, 0.2) is 35.3 Å². The van der Waals surface area contributed by atoms with Gasteiger partial charge in [-0.25, -0.2) is 0 Å². The minimum atomic E-state index is 0. The van der Waals surface area contributed by atoms with Crippen LogP contribution in [0.2, 0.25) is 0 Å². The third kappa shape index (κ3) is 8.34. The van der Waals surface area contributed by atoms with E-state index in [0.717, 1.165) is 44.3 Å². The number of likely N-dealkylation sites (N-methyl/N-ethyl adjacent to an activating group) is 1. The predicted molar refractivity (Wildman–Crippen MR) is 133 cm³/mol. The largest absolute Gasteiger partial charge is 0.357 e. The number of aromatic nitrogens is 2. The van der Waals surface area contributed by atoms with Crippen molar-refractivity contribution in [3.63, 3.8) is 0 Å². The van der Waals surface area contributed by atoms with E-state index in [1.165, 1.54) is 16.8 Å². The highest BCUT2D eigenvalue weighted by molar-refractivity contribution is 14.0. The molecular weight excluding hydrogens is 475 g/mol. The van der Waals surface area contributed by atoms with E-state index in [-0.39, 0.29) is 30.0 Å². The summed E-state index contributed by atoms with van der Waals surface area (Å²) in [6, 6.07) is 10.8. The Morgan fingerprint density at radius 2 is 1.93 bits per heavy atom. The summed E-state index contributed by atoms with van der Waals surface area (Å²) in [6.45, 7) is 12.0. The minimum absolute atomic E-state index is 0. The van der Waals surface area contributed by atoms with Crippen LogP contribution in [0.3, 0.4) is 0 Å². The lowest BCUT2D eigenvalue weighted by Gasteiger charge is -2.19. The summed E-state index contributed by atoms with van der Waals surface area (Å²) in [5.41, 5.74) is 4.99. The fourth-order valence-electron chi connectivity index (χ4n) is 3.33. The first-order chi connectivity index (χ1) is 13.4. The zero-order chi connectivity index (χ0) is 20.5. The van der Waals surface area contributed by atoms with Crippen LogP contribution >= 0.6 is 24.0 Å². The smallest absolute Gasteiger partial charge is 0.191 e. The molecule has 0 amide bonds. The lowest BCUT2D eigenvalue weighted by atomic mass is 10.1. The molecule has 0 spiro atoms. The highest BCUT2D eigenvalue weighted by Gasteiger charge is 2.14. The van der Waals surface area contributed by atoms with Crippen molar-refractivity contribution in [2.24, 2.45) is 12.0 Å². The van der Waals surface area contributed by atoms with E-state index in [9.17, 15) is 0 Å². The van der Waals surface area contributed by atoms with Crippen LogP contribution in [0.5, 0.6) is 0 Å². The lowest BCUT2D eigenvalue weighted by Crippen LogP contribution is -2.43. The standard InChI is InChI=1S/C22H36N6.HI/c1-7-23-22(24-13-14-27(5)16-20-11-9-8-10-12-20)25-17(2)15-21-18(3)26-28(6)19(21)4;/h8-12,17H,7,13-16H2,1-6H3,(H2,23,24,25);1H. The van der Waals surface area contributed by atoms with E-state index in [2.05, 4.69) is 85.7 Å². The molecule has 1 aromatic heterocycles. The third-order valence-electron chi connectivity index (χ3n) is 4.94. The number of guanidine groups is 1. The summed E-state index contributed by atoms with van der Waals surface area (Å²) in [5.74, 6) is 0.877. The monoisotopic (exact) mass is 512 g/mol. The number of aliphatic imine (C=N–C) groups is 1. The molecule has 0 saturated heterocycles. The van der Waals surface area contributed by atoms with Gasteiger partial charge in [0.05, 0.1) is 12.2 Å². The summed E-state index contributed by atoms with van der Waals surface area (Å²) in [4.78, 5) is 7.06. The van der Waals surface area contributed by atoms with Crippen LogP contribution in [0.4, 0.5) is 0 Å². The van der Waals surface area contributed by atoms with Gasteiger partial charge >= 0.3 is 0 Å². The fourth-order valence-corrected chi connectivity index (χ4v) is 3.33. The second-order valence-electron chi connectivity index (χ2n) is 7.51. The van der Waals surface area contributed by atoms with Crippen molar-refractivity contribution in [1.82, 2.24) is 25.3 Å². The molecule has 0 radical (unpaired) electrons. The molecule has 0 fully saturated rings. The van der Waals surface area contributed by atoms with Crippen LogP contribution in [0.1, 0.15) is 36.4 Å². The zero-order valence-corrected chi connectivity index (χ0v) is 21.0. The maximum absolute atomic E-state index is 4.76. The zero-order valence-electron chi connectivity index (χ0n) is 18.7. The molecule has 29 heavy (non-hydrogen) atoms. The summed E-state index contributed by atoms with van der Waals surface area (Å²) in [7, 11) is 4.14. The number of nitrogens with one attached hydrogen (secondary N) is 2.